The Bertz CT molecular complexity index is 694. The Morgan fingerprint density at radius 3 is 2.40 bits per heavy atom. The number of pyridine rings is 1. The van der Waals surface area contributed by atoms with Crippen molar-refractivity contribution < 1.29 is 37.0 Å². The Hall–Kier alpha value is -2.17. The average molecular weight is 427 g/mol. The Morgan fingerprint density at radius 2 is 1.92 bits per heavy atom. The second-order valence-electron chi connectivity index (χ2n) is 4.61. The van der Waals surface area contributed by atoms with Crippen LogP contribution in [-0.2, 0) is 25.2 Å². The van der Waals surface area contributed by atoms with Crippen molar-refractivity contribution in [1.82, 2.24) is 4.98 Å². The summed E-state index contributed by atoms with van der Waals surface area (Å²) >= 11 is 2.69. The number of alkyl halides is 3. The first-order valence-corrected chi connectivity index (χ1v) is 7.60. The van der Waals surface area contributed by atoms with Crippen LogP contribution in [0.15, 0.2) is 10.5 Å². The zero-order valence-electron chi connectivity index (χ0n) is 13.4. The van der Waals surface area contributed by atoms with Crippen LogP contribution in [0.5, 0.6) is 0 Å². The molecule has 0 spiro atoms. The number of rotatable bonds is 5. The molecule has 1 heterocycles. The minimum atomic E-state index is -4.83. The maximum atomic E-state index is 13.0. The van der Waals surface area contributed by atoms with Crippen LogP contribution in [0.3, 0.4) is 0 Å². The molecule has 0 saturated heterocycles. The van der Waals surface area contributed by atoms with Crippen molar-refractivity contribution in [3.05, 3.63) is 21.8 Å². The standard InChI is InChI=1S/C14H14BrF3N2O5/c1-4-25-10(22)6-9(21)20(2)12-7(13(23)24-3)5-8(15)11(19-12)14(16,17)18/h5H,4,6H2,1-3H3. The third-order valence-electron chi connectivity index (χ3n) is 2.92. The number of ether oxygens (including phenoxy) is 2. The second-order valence-corrected chi connectivity index (χ2v) is 5.47. The highest BCUT2D eigenvalue weighted by molar-refractivity contribution is 9.10. The quantitative estimate of drug-likeness (QED) is 0.531. The van der Waals surface area contributed by atoms with Gasteiger partial charge in [-0.05, 0) is 28.9 Å². The summed E-state index contributed by atoms with van der Waals surface area (Å²) in [6.07, 6.45) is -5.54. The number of esters is 2. The fourth-order valence-electron chi connectivity index (χ4n) is 1.77. The van der Waals surface area contributed by atoms with Crippen molar-refractivity contribution in [2.24, 2.45) is 0 Å². The predicted molar refractivity (Wildman–Crippen MR) is 82.9 cm³/mol. The van der Waals surface area contributed by atoms with Crippen molar-refractivity contribution in [2.45, 2.75) is 19.5 Å². The average Bonchev–Trinajstić information content (AvgIpc) is 2.52. The van der Waals surface area contributed by atoms with Crippen LogP contribution in [0.4, 0.5) is 19.0 Å². The van der Waals surface area contributed by atoms with E-state index < -0.39 is 46.4 Å². The lowest BCUT2D eigenvalue weighted by atomic mass is 10.2. The third-order valence-corrected chi connectivity index (χ3v) is 3.53. The zero-order valence-corrected chi connectivity index (χ0v) is 15.0. The smallest absolute Gasteiger partial charge is 0.434 e. The van der Waals surface area contributed by atoms with Gasteiger partial charge < -0.3 is 9.47 Å². The molecule has 25 heavy (non-hydrogen) atoms. The lowest BCUT2D eigenvalue weighted by Crippen LogP contribution is -2.32. The van der Waals surface area contributed by atoms with Crippen LogP contribution in [-0.4, -0.2) is 43.6 Å². The lowest BCUT2D eigenvalue weighted by Gasteiger charge is -2.20. The molecule has 1 rings (SSSR count). The number of amides is 1. The van der Waals surface area contributed by atoms with Crippen molar-refractivity contribution in [3.63, 3.8) is 0 Å². The van der Waals surface area contributed by atoms with Gasteiger partial charge in [0.25, 0.3) is 0 Å². The molecule has 0 saturated carbocycles. The SMILES string of the molecule is CCOC(=O)CC(=O)N(C)c1nc(C(F)(F)F)c(Br)cc1C(=O)OC. The van der Waals surface area contributed by atoms with Gasteiger partial charge in [0.2, 0.25) is 5.91 Å². The highest BCUT2D eigenvalue weighted by Gasteiger charge is 2.37. The van der Waals surface area contributed by atoms with Crippen LogP contribution in [0, 0.1) is 0 Å². The van der Waals surface area contributed by atoms with Gasteiger partial charge in [0, 0.05) is 11.5 Å². The largest absolute Gasteiger partial charge is 0.466 e. The molecule has 0 bridgehead atoms. The van der Waals surface area contributed by atoms with Gasteiger partial charge in [0.15, 0.2) is 5.69 Å². The molecule has 1 amide bonds. The van der Waals surface area contributed by atoms with Crippen molar-refractivity contribution >= 4 is 39.6 Å². The van der Waals surface area contributed by atoms with E-state index in [0.29, 0.717) is 4.90 Å². The van der Waals surface area contributed by atoms with Crippen LogP contribution < -0.4 is 4.90 Å². The molecule has 11 heteroatoms. The monoisotopic (exact) mass is 426 g/mol. The summed E-state index contributed by atoms with van der Waals surface area (Å²) in [5, 5.41) is 0. The molecular formula is C14H14BrF3N2O5. The Kier molecular flexibility index (Phi) is 6.91. The van der Waals surface area contributed by atoms with Gasteiger partial charge in [-0.3, -0.25) is 14.5 Å². The molecule has 0 radical (unpaired) electrons. The fraction of sp³-hybridized carbons (Fsp3) is 0.429. The van der Waals surface area contributed by atoms with Crippen molar-refractivity contribution in [1.29, 1.82) is 0 Å². The number of carbonyl (C=O) groups is 3. The Labute approximate surface area is 149 Å². The summed E-state index contributed by atoms with van der Waals surface area (Å²) in [7, 11) is 2.11. The van der Waals surface area contributed by atoms with E-state index in [1.165, 1.54) is 6.92 Å². The van der Waals surface area contributed by atoms with Gasteiger partial charge >= 0.3 is 18.1 Å². The van der Waals surface area contributed by atoms with E-state index in [9.17, 15) is 27.6 Å². The van der Waals surface area contributed by atoms with Gasteiger partial charge in [-0.25, -0.2) is 9.78 Å². The maximum absolute atomic E-state index is 13.0. The van der Waals surface area contributed by atoms with Crippen LogP contribution in [0.1, 0.15) is 29.4 Å². The minimum absolute atomic E-state index is 0.0397. The number of aromatic nitrogens is 1. The lowest BCUT2D eigenvalue weighted by molar-refractivity contribution is -0.146. The highest BCUT2D eigenvalue weighted by Crippen LogP contribution is 2.36. The zero-order chi connectivity index (χ0) is 19.4. The summed E-state index contributed by atoms with van der Waals surface area (Å²) < 4.78 is 47.7. The first kappa shape index (κ1) is 20.9. The van der Waals surface area contributed by atoms with E-state index in [0.717, 1.165) is 20.2 Å². The number of anilines is 1. The van der Waals surface area contributed by atoms with Gasteiger partial charge in [-0.15, -0.1) is 0 Å². The number of nitrogens with zero attached hydrogens (tertiary/aromatic N) is 2. The summed E-state index contributed by atoms with van der Waals surface area (Å²) in [6, 6.07) is 0.852. The van der Waals surface area contributed by atoms with E-state index >= 15 is 0 Å². The number of hydrogen-bond acceptors (Lipinski definition) is 6. The van der Waals surface area contributed by atoms with Crippen LogP contribution >= 0.6 is 15.9 Å². The van der Waals surface area contributed by atoms with E-state index in [1.807, 2.05) is 0 Å². The molecule has 0 N–H and O–H groups in total. The van der Waals surface area contributed by atoms with E-state index in [-0.39, 0.29) is 12.2 Å². The normalized spacial score (nSPS) is 11.0. The fourth-order valence-corrected chi connectivity index (χ4v) is 2.31. The van der Waals surface area contributed by atoms with E-state index in [4.69, 9.17) is 0 Å². The first-order chi connectivity index (χ1) is 11.5. The summed E-state index contributed by atoms with van der Waals surface area (Å²) in [5.41, 5.74) is -1.70. The van der Waals surface area contributed by atoms with Gasteiger partial charge in [-0.1, -0.05) is 0 Å². The topological polar surface area (TPSA) is 85.8 Å². The van der Waals surface area contributed by atoms with Gasteiger partial charge in [-0.2, -0.15) is 13.2 Å². The van der Waals surface area contributed by atoms with Crippen LogP contribution in [0.2, 0.25) is 0 Å². The van der Waals surface area contributed by atoms with Crippen molar-refractivity contribution in [3.8, 4) is 0 Å². The number of methoxy groups -OCH3 is 1. The highest BCUT2D eigenvalue weighted by atomic mass is 79.9. The molecule has 7 nitrogen and oxygen atoms in total. The second kappa shape index (κ2) is 8.28. The van der Waals surface area contributed by atoms with Crippen LogP contribution in [0.25, 0.3) is 0 Å². The molecule has 1 aromatic heterocycles. The maximum Gasteiger partial charge on any atom is 0.434 e. The van der Waals surface area contributed by atoms with Gasteiger partial charge in [0.1, 0.15) is 17.8 Å². The Morgan fingerprint density at radius 1 is 1.32 bits per heavy atom. The summed E-state index contributed by atoms with van der Waals surface area (Å²) in [5.74, 6) is -3.33. The molecule has 0 atom stereocenters. The summed E-state index contributed by atoms with van der Waals surface area (Å²) in [4.78, 5) is 39.3. The summed E-state index contributed by atoms with van der Waals surface area (Å²) in [6.45, 7) is 1.57. The minimum Gasteiger partial charge on any atom is -0.466 e. The van der Waals surface area contributed by atoms with Gasteiger partial charge in [0.05, 0.1) is 13.7 Å². The van der Waals surface area contributed by atoms with E-state index in [1.54, 1.807) is 0 Å². The molecule has 138 valence electrons. The number of halogens is 4. The molecule has 0 aliphatic rings. The molecule has 0 aliphatic carbocycles. The molecule has 0 aliphatic heterocycles. The van der Waals surface area contributed by atoms with E-state index in [2.05, 4.69) is 30.4 Å². The predicted octanol–water partition coefficient (Wildman–Crippen LogP) is 2.57. The molecule has 0 fully saturated rings. The Balaban J connectivity index is 3.36. The molecule has 0 aromatic carbocycles. The van der Waals surface area contributed by atoms with Crippen molar-refractivity contribution in [2.75, 3.05) is 25.7 Å². The number of hydrogen-bond donors (Lipinski definition) is 0. The molecular weight excluding hydrogens is 413 g/mol. The number of carbonyl (C=O) groups excluding carboxylic acids is 3. The molecule has 1 aromatic rings. The third kappa shape index (κ3) is 5.15. The molecule has 0 unspecified atom stereocenters. The first-order valence-electron chi connectivity index (χ1n) is 6.81.